The first kappa shape index (κ1) is 18.3. The van der Waals surface area contributed by atoms with Crippen LogP contribution in [0.4, 0.5) is 5.82 Å². The van der Waals surface area contributed by atoms with Crippen LogP contribution >= 0.6 is 0 Å². The molecule has 7 heteroatoms. The fourth-order valence-corrected chi connectivity index (χ4v) is 2.42. The average Bonchev–Trinajstić information content (AvgIpc) is 2.73. The number of rotatable bonds is 8. The molecule has 1 atom stereocenters. The number of nitrogens with zero attached hydrogens (tertiary/aromatic N) is 3. The second kappa shape index (κ2) is 9.28. The van der Waals surface area contributed by atoms with Gasteiger partial charge >= 0.3 is 0 Å². The molecule has 0 saturated carbocycles. The van der Waals surface area contributed by atoms with Crippen LogP contribution < -0.4 is 15.4 Å². The zero-order valence-corrected chi connectivity index (χ0v) is 15.0. The molecule has 3 rings (SSSR count). The fourth-order valence-electron chi connectivity index (χ4n) is 2.42. The van der Waals surface area contributed by atoms with Crippen LogP contribution in [0.3, 0.4) is 0 Å². The molecule has 0 fully saturated rings. The molecule has 0 aliphatic rings. The number of carbonyl (C=O) groups excluding carboxylic acids is 1. The minimum Gasteiger partial charge on any atom is -0.470 e. The lowest BCUT2D eigenvalue weighted by Gasteiger charge is -2.14. The monoisotopic (exact) mass is 363 g/mol. The highest BCUT2D eigenvalue weighted by Crippen LogP contribution is 2.19. The summed E-state index contributed by atoms with van der Waals surface area (Å²) in [5.41, 5.74) is 1.55. The largest absolute Gasteiger partial charge is 0.470 e. The SMILES string of the molecule is CC(Oc1ccc(C(=O)NCCNc2cnccn2)cn1)c1ccccc1. The molecule has 1 aromatic carbocycles. The first-order chi connectivity index (χ1) is 13.2. The number of pyridine rings is 1. The number of amides is 1. The molecule has 3 aromatic rings. The van der Waals surface area contributed by atoms with E-state index >= 15 is 0 Å². The van der Waals surface area contributed by atoms with Gasteiger partial charge in [0.15, 0.2) is 0 Å². The molecule has 2 N–H and O–H groups in total. The summed E-state index contributed by atoms with van der Waals surface area (Å²) < 4.78 is 5.82. The molecule has 7 nitrogen and oxygen atoms in total. The Labute approximate surface area is 157 Å². The van der Waals surface area contributed by atoms with Gasteiger partial charge in [-0.25, -0.2) is 9.97 Å². The highest BCUT2D eigenvalue weighted by molar-refractivity contribution is 5.93. The molecular formula is C20H21N5O2. The van der Waals surface area contributed by atoms with E-state index in [9.17, 15) is 4.79 Å². The van der Waals surface area contributed by atoms with Gasteiger partial charge in [0, 0.05) is 37.7 Å². The molecule has 0 spiro atoms. The van der Waals surface area contributed by atoms with Crippen molar-refractivity contribution in [3.05, 3.63) is 78.4 Å². The van der Waals surface area contributed by atoms with Crippen LogP contribution in [0.25, 0.3) is 0 Å². The van der Waals surface area contributed by atoms with Crippen LogP contribution in [0.5, 0.6) is 5.88 Å². The van der Waals surface area contributed by atoms with E-state index < -0.39 is 0 Å². The summed E-state index contributed by atoms with van der Waals surface area (Å²) in [6, 6.07) is 13.3. The third kappa shape index (κ3) is 5.50. The van der Waals surface area contributed by atoms with Gasteiger partial charge in [-0.15, -0.1) is 0 Å². The second-order valence-electron chi connectivity index (χ2n) is 5.83. The Bertz CT molecular complexity index is 841. The summed E-state index contributed by atoms with van der Waals surface area (Å²) in [5, 5.41) is 5.90. The van der Waals surface area contributed by atoms with E-state index in [4.69, 9.17) is 4.74 Å². The number of hydrogen-bond acceptors (Lipinski definition) is 6. The van der Waals surface area contributed by atoms with Crippen LogP contribution in [0, 0.1) is 0 Å². The van der Waals surface area contributed by atoms with E-state index in [1.807, 2.05) is 37.3 Å². The van der Waals surface area contributed by atoms with Crippen molar-refractivity contribution < 1.29 is 9.53 Å². The molecule has 2 heterocycles. The Balaban J connectivity index is 1.45. The van der Waals surface area contributed by atoms with E-state index in [1.54, 1.807) is 30.7 Å². The molecule has 27 heavy (non-hydrogen) atoms. The molecule has 0 bridgehead atoms. The predicted octanol–water partition coefficient (Wildman–Crippen LogP) is 2.85. The molecule has 0 aliphatic heterocycles. The number of anilines is 1. The van der Waals surface area contributed by atoms with Gasteiger partial charge in [0.2, 0.25) is 5.88 Å². The van der Waals surface area contributed by atoms with Crippen molar-refractivity contribution in [1.82, 2.24) is 20.3 Å². The smallest absolute Gasteiger partial charge is 0.252 e. The summed E-state index contributed by atoms with van der Waals surface area (Å²) in [6.45, 7) is 2.97. The predicted molar refractivity (Wildman–Crippen MR) is 103 cm³/mol. The van der Waals surface area contributed by atoms with Crippen molar-refractivity contribution in [3.8, 4) is 5.88 Å². The van der Waals surface area contributed by atoms with Gasteiger partial charge in [-0.3, -0.25) is 9.78 Å². The quantitative estimate of drug-likeness (QED) is 0.598. The lowest BCUT2D eigenvalue weighted by molar-refractivity contribution is 0.0954. The van der Waals surface area contributed by atoms with Crippen molar-refractivity contribution in [2.45, 2.75) is 13.0 Å². The van der Waals surface area contributed by atoms with Gasteiger partial charge in [-0.2, -0.15) is 0 Å². The van der Waals surface area contributed by atoms with Gasteiger partial charge in [-0.1, -0.05) is 30.3 Å². The van der Waals surface area contributed by atoms with Crippen molar-refractivity contribution in [2.24, 2.45) is 0 Å². The van der Waals surface area contributed by atoms with Gasteiger partial charge in [-0.05, 0) is 18.6 Å². The number of aromatic nitrogens is 3. The molecule has 138 valence electrons. The van der Waals surface area contributed by atoms with Crippen LogP contribution in [-0.2, 0) is 0 Å². The highest BCUT2D eigenvalue weighted by atomic mass is 16.5. The molecule has 0 saturated heterocycles. The van der Waals surface area contributed by atoms with Crippen LogP contribution in [0.1, 0.15) is 28.9 Å². The van der Waals surface area contributed by atoms with Crippen molar-refractivity contribution in [1.29, 1.82) is 0 Å². The molecule has 1 amide bonds. The van der Waals surface area contributed by atoms with Crippen molar-refractivity contribution in [3.63, 3.8) is 0 Å². The number of benzene rings is 1. The minimum atomic E-state index is -0.189. The lowest BCUT2D eigenvalue weighted by atomic mass is 10.1. The number of nitrogens with one attached hydrogen (secondary N) is 2. The van der Waals surface area contributed by atoms with Crippen molar-refractivity contribution >= 4 is 11.7 Å². The highest BCUT2D eigenvalue weighted by Gasteiger charge is 2.09. The first-order valence-corrected chi connectivity index (χ1v) is 8.68. The van der Waals surface area contributed by atoms with E-state index in [0.717, 1.165) is 5.56 Å². The average molecular weight is 363 g/mol. The topological polar surface area (TPSA) is 89.0 Å². The second-order valence-corrected chi connectivity index (χ2v) is 5.83. The summed E-state index contributed by atoms with van der Waals surface area (Å²) in [6.07, 6.45) is 6.23. The molecule has 0 radical (unpaired) electrons. The lowest BCUT2D eigenvalue weighted by Crippen LogP contribution is -2.29. The number of ether oxygens (including phenoxy) is 1. The Morgan fingerprint density at radius 1 is 1.04 bits per heavy atom. The minimum absolute atomic E-state index is 0.120. The van der Waals surface area contributed by atoms with Crippen molar-refractivity contribution in [2.75, 3.05) is 18.4 Å². The van der Waals surface area contributed by atoms with Crippen LogP contribution in [-0.4, -0.2) is 33.9 Å². The number of hydrogen-bond donors (Lipinski definition) is 2. The Hall–Kier alpha value is -3.48. The summed E-state index contributed by atoms with van der Waals surface area (Å²) >= 11 is 0. The molecule has 0 aliphatic carbocycles. The summed E-state index contributed by atoms with van der Waals surface area (Å²) in [4.78, 5) is 24.4. The van der Waals surface area contributed by atoms with E-state index in [1.165, 1.54) is 6.20 Å². The zero-order valence-electron chi connectivity index (χ0n) is 15.0. The van der Waals surface area contributed by atoms with E-state index in [0.29, 0.717) is 30.4 Å². The normalized spacial score (nSPS) is 11.4. The first-order valence-electron chi connectivity index (χ1n) is 8.68. The Morgan fingerprint density at radius 3 is 2.59 bits per heavy atom. The maximum absolute atomic E-state index is 12.2. The number of carbonyl (C=O) groups is 1. The fraction of sp³-hybridized carbons (Fsp3) is 0.200. The standard InChI is InChI=1S/C20H21N5O2/c1-15(16-5-3-2-4-6-16)27-19-8-7-17(13-25-19)20(26)24-12-11-23-18-14-21-9-10-22-18/h2-10,13-15H,11-12H2,1H3,(H,22,23)(H,24,26). The van der Waals surface area contributed by atoms with Gasteiger partial charge in [0.05, 0.1) is 11.8 Å². The van der Waals surface area contributed by atoms with Crippen LogP contribution in [0.15, 0.2) is 67.3 Å². The summed E-state index contributed by atoms with van der Waals surface area (Å²) in [5.74, 6) is 0.959. The molecular weight excluding hydrogens is 342 g/mol. The van der Waals surface area contributed by atoms with Gasteiger partial charge < -0.3 is 15.4 Å². The van der Waals surface area contributed by atoms with E-state index in [-0.39, 0.29) is 12.0 Å². The zero-order chi connectivity index (χ0) is 18.9. The third-order valence-corrected chi connectivity index (χ3v) is 3.84. The molecule has 1 unspecified atom stereocenters. The van der Waals surface area contributed by atoms with Gasteiger partial charge in [0.25, 0.3) is 5.91 Å². The Kier molecular flexibility index (Phi) is 6.30. The Morgan fingerprint density at radius 2 is 1.89 bits per heavy atom. The molecule has 2 aromatic heterocycles. The van der Waals surface area contributed by atoms with Gasteiger partial charge in [0.1, 0.15) is 11.9 Å². The van der Waals surface area contributed by atoms with Crippen LogP contribution in [0.2, 0.25) is 0 Å². The third-order valence-electron chi connectivity index (χ3n) is 3.84. The van der Waals surface area contributed by atoms with E-state index in [2.05, 4.69) is 25.6 Å². The summed E-state index contributed by atoms with van der Waals surface area (Å²) in [7, 11) is 0. The maximum atomic E-state index is 12.2. The maximum Gasteiger partial charge on any atom is 0.252 e.